The van der Waals surface area contributed by atoms with Crippen molar-refractivity contribution >= 4 is 17.5 Å². The molecule has 9 nitrogen and oxygen atoms in total. The van der Waals surface area contributed by atoms with Crippen molar-refractivity contribution in [1.82, 2.24) is 5.48 Å². The largest absolute Gasteiger partial charge is 0.490 e. The predicted octanol–water partition coefficient (Wildman–Crippen LogP) is 2.62. The second-order valence-corrected chi connectivity index (χ2v) is 6.22. The molecule has 0 spiro atoms. The molecule has 0 aliphatic rings. The first-order chi connectivity index (χ1) is 14.9. The summed E-state index contributed by atoms with van der Waals surface area (Å²) in [4.78, 5) is 12.6. The van der Waals surface area contributed by atoms with Crippen molar-refractivity contribution in [1.29, 1.82) is 5.41 Å². The summed E-state index contributed by atoms with van der Waals surface area (Å²) in [7, 11) is 0. The Morgan fingerprint density at radius 3 is 2.39 bits per heavy atom. The molecular weight excluding hydrogens is 409 g/mol. The molecule has 0 radical (unpaired) electrons. The summed E-state index contributed by atoms with van der Waals surface area (Å²) in [5.74, 6) is -1.27. The Bertz CT molecular complexity index is 891. The van der Waals surface area contributed by atoms with Crippen LogP contribution in [0.5, 0.6) is 11.5 Å². The average Bonchev–Trinajstić information content (AvgIpc) is 2.77. The van der Waals surface area contributed by atoms with Crippen LogP contribution in [0, 0.1) is 11.2 Å². The van der Waals surface area contributed by atoms with Crippen LogP contribution in [0.4, 0.5) is 10.1 Å². The Kier molecular flexibility index (Phi) is 9.04. The number of esters is 1. The number of carbonyl (C=O) groups is 1. The van der Waals surface area contributed by atoms with E-state index >= 15 is 0 Å². The highest BCUT2D eigenvalue weighted by Crippen LogP contribution is 2.34. The Hall–Kier alpha value is -3.37. The van der Waals surface area contributed by atoms with Gasteiger partial charge in [-0.25, -0.2) is 9.18 Å². The van der Waals surface area contributed by atoms with Crippen molar-refractivity contribution in [2.24, 2.45) is 0 Å². The van der Waals surface area contributed by atoms with Crippen LogP contribution in [0.25, 0.3) is 0 Å². The van der Waals surface area contributed by atoms with Crippen LogP contribution < -0.4 is 20.3 Å². The van der Waals surface area contributed by atoms with Gasteiger partial charge in [0.15, 0.2) is 17.5 Å². The molecule has 0 heterocycles. The maximum absolute atomic E-state index is 15.0. The highest BCUT2D eigenvalue weighted by Gasteiger charge is 2.27. The van der Waals surface area contributed by atoms with Crippen molar-refractivity contribution in [3.05, 3.63) is 53.3 Å². The maximum Gasteiger partial charge on any atom is 0.333 e. The maximum atomic E-state index is 15.0. The van der Waals surface area contributed by atoms with Crippen LogP contribution in [-0.4, -0.2) is 48.5 Å². The quantitative estimate of drug-likeness (QED) is 0.157. The molecule has 1 atom stereocenters. The lowest BCUT2D eigenvalue weighted by atomic mass is 10.0. The van der Waals surface area contributed by atoms with Gasteiger partial charge >= 0.3 is 5.97 Å². The number of hydroxylamine groups is 1. The van der Waals surface area contributed by atoms with E-state index < -0.39 is 17.8 Å². The first-order valence-electron chi connectivity index (χ1n) is 9.67. The van der Waals surface area contributed by atoms with Gasteiger partial charge in [0.1, 0.15) is 18.3 Å². The molecule has 0 aliphatic carbocycles. The lowest BCUT2D eigenvalue weighted by Gasteiger charge is -2.21. The number of anilines is 1. The molecular formula is C21H26FN3O6. The first kappa shape index (κ1) is 23.9. The Labute approximate surface area is 179 Å². The molecule has 5 N–H and O–H groups in total. The van der Waals surface area contributed by atoms with E-state index in [9.17, 15) is 9.18 Å². The first-order valence-corrected chi connectivity index (χ1v) is 9.67. The molecule has 168 valence electrons. The van der Waals surface area contributed by atoms with Gasteiger partial charge in [-0.05, 0) is 44.2 Å². The minimum Gasteiger partial charge on any atom is -0.490 e. The molecule has 0 bridgehead atoms. The van der Waals surface area contributed by atoms with Gasteiger partial charge < -0.3 is 24.6 Å². The molecule has 2 aromatic rings. The third-order valence-electron chi connectivity index (χ3n) is 4.14. The van der Waals surface area contributed by atoms with Crippen LogP contribution in [0.2, 0.25) is 0 Å². The van der Waals surface area contributed by atoms with Crippen LogP contribution in [-0.2, 0) is 9.53 Å². The van der Waals surface area contributed by atoms with Gasteiger partial charge in [0.2, 0.25) is 0 Å². The summed E-state index contributed by atoms with van der Waals surface area (Å²) in [6, 6.07) is 7.52. The van der Waals surface area contributed by atoms with Gasteiger partial charge in [-0.1, -0.05) is 0 Å². The number of hydrogen-bond acceptors (Lipinski definition) is 8. The monoisotopic (exact) mass is 435 g/mol. The van der Waals surface area contributed by atoms with E-state index in [0.717, 1.165) is 6.07 Å². The number of nitrogens with one attached hydrogen (secondary N) is 3. The SMILES string of the molecule is CCOC(=O)C(Nc1ccc(C(=N)NO)cc1)c1cc(OCC)c(OCCO)cc1F. The summed E-state index contributed by atoms with van der Waals surface area (Å²) in [6.45, 7) is 3.49. The third kappa shape index (κ3) is 6.30. The highest BCUT2D eigenvalue weighted by molar-refractivity contribution is 5.95. The highest BCUT2D eigenvalue weighted by atomic mass is 19.1. The fraction of sp³-hybridized carbons (Fsp3) is 0.333. The van der Waals surface area contributed by atoms with Crippen molar-refractivity contribution in [2.45, 2.75) is 19.9 Å². The van der Waals surface area contributed by atoms with Crippen LogP contribution in [0.1, 0.15) is 31.0 Å². The molecule has 0 aliphatic heterocycles. The van der Waals surface area contributed by atoms with Gasteiger partial charge in [-0.15, -0.1) is 0 Å². The van der Waals surface area contributed by atoms with Crippen molar-refractivity contribution < 1.29 is 33.7 Å². The van der Waals surface area contributed by atoms with Crippen molar-refractivity contribution in [3.8, 4) is 11.5 Å². The Morgan fingerprint density at radius 1 is 1.13 bits per heavy atom. The topological polar surface area (TPSA) is 133 Å². The Morgan fingerprint density at radius 2 is 1.81 bits per heavy atom. The molecule has 1 unspecified atom stereocenters. The van der Waals surface area contributed by atoms with Crippen LogP contribution >= 0.6 is 0 Å². The zero-order valence-electron chi connectivity index (χ0n) is 17.3. The minimum atomic E-state index is -1.19. The molecule has 0 amide bonds. The standard InChI is InChI=1S/C21H26FN3O6/c1-3-29-17-11-15(16(22)12-18(17)31-10-9-26)19(21(27)30-4-2)24-14-7-5-13(6-8-14)20(23)25-28/h5-8,11-12,19,24,26,28H,3-4,9-10H2,1-2H3,(H2,23,25). The van der Waals surface area contributed by atoms with Crippen LogP contribution in [0.3, 0.4) is 0 Å². The number of benzene rings is 2. The molecule has 0 aromatic heterocycles. The summed E-state index contributed by atoms with van der Waals surface area (Å²) in [5.41, 5.74) is 2.61. The summed E-state index contributed by atoms with van der Waals surface area (Å²) >= 11 is 0. The smallest absolute Gasteiger partial charge is 0.333 e. The number of aliphatic hydroxyl groups is 1. The summed E-state index contributed by atoms with van der Waals surface area (Å²) in [6.07, 6.45) is 0. The number of hydrogen-bond donors (Lipinski definition) is 5. The lowest BCUT2D eigenvalue weighted by Crippen LogP contribution is -2.25. The second-order valence-electron chi connectivity index (χ2n) is 6.22. The fourth-order valence-corrected chi connectivity index (χ4v) is 2.76. The van der Waals surface area contributed by atoms with E-state index in [1.54, 1.807) is 43.6 Å². The number of ether oxygens (including phenoxy) is 3. The van der Waals surface area contributed by atoms with Gasteiger partial charge in [-0.3, -0.25) is 16.1 Å². The predicted molar refractivity (Wildman–Crippen MR) is 111 cm³/mol. The van der Waals surface area contributed by atoms with E-state index in [2.05, 4.69) is 5.32 Å². The zero-order valence-corrected chi connectivity index (χ0v) is 17.3. The molecule has 2 aromatic carbocycles. The van der Waals surface area contributed by atoms with Gasteiger partial charge in [0.25, 0.3) is 0 Å². The van der Waals surface area contributed by atoms with E-state index in [4.69, 9.17) is 29.9 Å². The Balaban J connectivity index is 2.41. The third-order valence-corrected chi connectivity index (χ3v) is 4.14. The van der Waals surface area contributed by atoms with Gasteiger partial charge in [-0.2, -0.15) is 0 Å². The molecule has 0 saturated carbocycles. The average molecular weight is 435 g/mol. The molecule has 31 heavy (non-hydrogen) atoms. The molecule has 0 saturated heterocycles. The number of amidine groups is 1. The number of rotatable bonds is 11. The fourth-order valence-electron chi connectivity index (χ4n) is 2.76. The number of aliphatic hydroxyl groups excluding tert-OH is 1. The lowest BCUT2D eigenvalue weighted by molar-refractivity contribution is -0.144. The second kappa shape index (κ2) is 11.7. The summed E-state index contributed by atoms with van der Waals surface area (Å²) < 4.78 is 30.9. The van der Waals surface area contributed by atoms with E-state index in [1.165, 1.54) is 6.07 Å². The van der Waals surface area contributed by atoms with E-state index in [1.807, 2.05) is 0 Å². The van der Waals surface area contributed by atoms with Crippen molar-refractivity contribution in [2.75, 3.05) is 31.7 Å². The molecule has 2 rings (SSSR count). The number of halogens is 1. The number of carbonyl (C=O) groups excluding carboxylic acids is 1. The van der Waals surface area contributed by atoms with E-state index in [0.29, 0.717) is 11.3 Å². The van der Waals surface area contributed by atoms with E-state index in [-0.39, 0.29) is 49.3 Å². The molecule has 0 fully saturated rings. The zero-order chi connectivity index (χ0) is 22.8. The van der Waals surface area contributed by atoms with Crippen molar-refractivity contribution in [3.63, 3.8) is 0 Å². The normalized spacial score (nSPS) is 11.4. The van der Waals surface area contributed by atoms with Crippen LogP contribution in [0.15, 0.2) is 36.4 Å². The van der Waals surface area contributed by atoms with Gasteiger partial charge in [0.05, 0.1) is 19.8 Å². The van der Waals surface area contributed by atoms with Gasteiger partial charge in [0, 0.05) is 22.9 Å². The molecule has 10 heteroatoms. The summed E-state index contributed by atoms with van der Waals surface area (Å²) in [5, 5.41) is 28.3. The minimum absolute atomic E-state index is 0.00732.